The Labute approximate surface area is 199 Å². The summed E-state index contributed by atoms with van der Waals surface area (Å²) in [4.78, 5) is 32.1. The summed E-state index contributed by atoms with van der Waals surface area (Å²) in [6, 6.07) is 15.3. The van der Waals surface area contributed by atoms with Gasteiger partial charge in [-0.3, -0.25) is 19.5 Å². The van der Waals surface area contributed by atoms with Crippen LogP contribution in [0.3, 0.4) is 0 Å². The maximum Gasteiger partial charge on any atom is 0.300 e. The van der Waals surface area contributed by atoms with Crippen LogP contribution in [0.1, 0.15) is 42.1 Å². The van der Waals surface area contributed by atoms with Crippen molar-refractivity contribution in [1.82, 2.24) is 4.98 Å². The molecule has 3 aromatic rings. The fourth-order valence-electron chi connectivity index (χ4n) is 4.15. The molecule has 34 heavy (non-hydrogen) atoms. The lowest BCUT2D eigenvalue weighted by Crippen LogP contribution is -2.30. The average molecular weight is 457 g/mol. The molecule has 0 aliphatic carbocycles. The van der Waals surface area contributed by atoms with Gasteiger partial charge in [-0.25, -0.2) is 0 Å². The number of pyridine rings is 1. The van der Waals surface area contributed by atoms with Gasteiger partial charge in [0.15, 0.2) is 0 Å². The Kier molecular flexibility index (Phi) is 6.50. The molecule has 1 amide bonds. The Morgan fingerprint density at radius 1 is 1.03 bits per heavy atom. The fourth-order valence-corrected chi connectivity index (χ4v) is 4.15. The van der Waals surface area contributed by atoms with Gasteiger partial charge in [-0.15, -0.1) is 0 Å². The number of rotatable bonds is 6. The van der Waals surface area contributed by atoms with Crippen molar-refractivity contribution in [2.24, 2.45) is 5.92 Å². The predicted octanol–water partition coefficient (Wildman–Crippen LogP) is 5.36. The minimum absolute atomic E-state index is 0.0482. The minimum Gasteiger partial charge on any atom is -0.507 e. The molecule has 1 aliphatic heterocycles. The van der Waals surface area contributed by atoms with Crippen LogP contribution in [0.4, 0.5) is 5.69 Å². The number of carbonyl (C=O) groups is 2. The zero-order valence-corrected chi connectivity index (χ0v) is 19.8. The number of aliphatic hydroxyl groups is 1. The summed E-state index contributed by atoms with van der Waals surface area (Å²) in [6.07, 6.45) is 3.22. The number of benzene rings is 2. The van der Waals surface area contributed by atoms with Crippen LogP contribution in [0.5, 0.6) is 5.75 Å². The molecule has 0 spiro atoms. The topological polar surface area (TPSA) is 79.7 Å². The van der Waals surface area contributed by atoms with Crippen molar-refractivity contribution in [1.29, 1.82) is 0 Å². The minimum atomic E-state index is -0.777. The molecule has 1 saturated heterocycles. The van der Waals surface area contributed by atoms with Crippen LogP contribution in [0, 0.1) is 19.8 Å². The smallest absolute Gasteiger partial charge is 0.300 e. The van der Waals surface area contributed by atoms with E-state index in [0.29, 0.717) is 35.1 Å². The van der Waals surface area contributed by atoms with Crippen molar-refractivity contribution in [2.45, 2.75) is 33.7 Å². The number of ketones is 1. The van der Waals surface area contributed by atoms with Gasteiger partial charge in [0, 0.05) is 23.6 Å². The molecule has 1 aliphatic rings. The van der Waals surface area contributed by atoms with Crippen molar-refractivity contribution in [2.75, 3.05) is 11.5 Å². The van der Waals surface area contributed by atoms with Gasteiger partial charge in [-0.2, -0.15) is 0 Å². The van der Waals surface area contributed by atoms with Gasteiger partial charge < -0.3 is 9.84 Å². The molecule has 0 bridgehead atoms. The van der Waals surface area contributed by atoms with E-state index in [0.717, 1.165) is 11.1 Å². The number of aryl methyl sites for hydroxylation is 2. The summed E-state index contributed by atoms with van der Waals surface area (Å²) in [6.45, 7) is 8.58. The number of aromatic nitrogens is 1. The van der Waals surface area contributed by atoms with E-state index in [1.807, 2.05) is 32.0 Å². The molecule has 174 valence electrons. The molecule has 1 aromatic heterocycles. The molecule has 1 atom stereocenters. The number of anilines is 1. The predicted molar refractivity (Wildman–Crippen MR) is 132 cm³/mol. The third-order valence-corrected chi connectivity index (χ3v) is 5.79. The monoisotopic (exact) mass is 456 g/mol. The molecule has 6 heteroatoms. The van der Waals surface area contributed by atoms with Gasteiger partial charge in [0.25, 0.3) is 11.7 Å². The van der Waals surface area contributed by atoms with E-state index in [2.05, 4.69) is 18.8 Å². The largest absolute Gasteiger partial charge is 0.507 e. The summed E-state index contributed by atoms with van der Waals surface area (Å²) in [5.41, 5.74) is 3.73. The van der Waals surface area contributed by atoms with Crippen molar-refractivity contribution in [3.05, 3.63) is 94.8 Å². The lowest BCUT2D eigenvalue weighted by Gasteiger charge is -2.27. The normalized spacial score (nSPS) is 17.4. The highest BCUT2D eigenvalue weighted by Crippen LogP contribution is 2.43. The number of nitrogens with zero attached hydrogens (tertiary/aromatic N) is 2. The standard InChI is InChI=1S/C28H28N2O4/c1-17(2)16-34-22-8-6-21(7-9-22)26(31)24-25(20-11-13-29-14-12-20)30(28(33)27(24)32)23-10-5-18(3)15-19(23)4/h5-15,17,25,31H,16H2,1-4H3/b26-24+. The summed E-state index contributed by atoms with van der Waals surface area (Å²) < 4.78 is 5.72. The second-order valence-corrected chi connectivity index (χ2v) is 8.97. The molecule has 4 rings (SSSR count). The first-order valence-corrected chi connectivity index (χ1v) is 11.3. The first kappa shape index (κ1) is 23.2. The van der Waals surface area contributed by atoms with Crippen LogP contribution >= 0.6 is 0 Å². The Balaban J connectivity index is 1.82. The quantitative estimate of drug-likeness (QED) is 0.307. The number of aliphatic hydroxyl groups excluding tert-OH is 1. The highest BCUT2D eigenvalue weighted by Gasteiger charge is 2.47. The van der Waals surface area contributed by atoms with Gasteiger partial charge in [0.05, 0.1) is 18.2 Å². The summed E-state index contributed by atoms with van der Waals surface area (Å²) in [7, 11) is 0. The van der Waals surface area contributed by atoms with Crippen molar-refractivity contribution < 1.29 is 19.4 Å². The van der Waals surface area contributed by atoms with Crippen molar-refractivity contribution in [3.8, 4) is 5.75 Å². The zero-order chi connectivity index (χ0) is 24.4. The summed E-state index contributed by atoms with van der Waals surface area (Å²) in [5, 5.41) is 11.3. The second-order valence-electron chi connectivity index (χ2n) is 8.97. The Morgan fingerprint density at radius 2 is 1.71 bits per heavy atom. The molecule has 0 saturated carbocycles. The average Bonchev–Trinajstić information content (AvgIpc) is 3.08. The van der Waals surface area contributed by atoms with E-state index in [1.54, 1.807) is 48.8 Å². The Bertz CT molecular complexity index is 1250. The number of hydrogen-bond acceptors (Lipinski definition) is 5. The van der Waals surface area contributed by atoms with Gasteiger partial charge in [0.2, 0.25) is 0 Å². The fraction of sp³-hybridized carbons (Fsp3) is 0.250. The third-order valence-electron chi connectivity index (χ3n) is 5.79. The van der Waals surface area contributed by atoms with Crippen molar-refractivity contribution >= 4 is 23.1 Å². The molecule has 1 fully saturated rings. The van der Waals surface area contributed by atoms with Gasteiger partial charge in [0.1, 0.15) is 11.5 Å². The maximum atomic E-state index is 13.3. The van der Waals surface area contributed by atoms with Crippen LogP contribution < -0.4 is 9.64 Å². The Hall–Kier alpha value is -3.93. The highest BCUT2D eigenvalue weighted by molar-refractivity contribution is 6.51. The van der Waals surface area contributed by atoms with Crippen molar-refractivity contribution in [3.63, 3.8) is 0 Å². The molecular weight excluding hydrogens is 428 g/mol. The first-order valence-electron chi connectivity index (χ1n) is 11.3. The highest BCUT2D eigenvalue weighted by atomic mass is 16.5. The van der Waals surface area contributed by atoms with Gasteiger partial charge >= 0.3 is 0 Å². The molecule has 2 heterocycles. The lowest BCUT2D eigenvalue weighted by atomic mass is 9.95. The number of carbonyl (C=O) groups excluding carboxylic acids is 2. The summed E-state index contributed by atoms with van der Waals surface area (Å²) in [5.74, 6) is -0.559. The van der Waals surface area contributed by atoms with E-state index in [1.165, 1.54) is 4.90 Å². The number of hydrogen-bond donors (Lipinski definition) is 1. The van der Waals surface area contributed by atoms with Crippen LogP contribution in [0.15, 0.2) is 72.6 Å². The lowest BCUT2D eigenvalue weighted by molar-refractivity contribution is -0.132. The van der Waals surface area contributed by atoms with Gasteiger partial charge in [-0.1, -0.05) is 31.5 Å². The van der Waals surface area contributed by atoms with Crippen LogP contribution in [0.25, 0.3) is 5.76 Å². The number of amides is 1. The third kappa shape index (κ3) is 4.44. The molecule has 6 nitrogen and oxygen atoms in total. The van der Waals surface area contributed by atoms with E-state index in [9.17, 15) is 14.7 Å². The zero-order valence-electron chi connectivity index (χ0n) is 19.8. The molecule has 1 N–H and O–H groups in total. The van der Waals surface area contributed by atoms with E-state index in [4.69, 9.17) is 4.74 Å². The van der Waals surface area contributed by atoms with Gasteiger partial charge in [-0.05, 0) is 73.4 Å². The SMILES string of the molecule is Cc1ccc(N2C(=O)C(=O)/C(=C(/O)c3ccc(OCC(C)C)cc3)C2c2ccncc2)c(C)c1. The molecule has 1 unspecified atom stereocenters. The first-order chi connectivity index (χ1) is 16.3. The number of ether oxygens (including phenoxy) is 1. The maximum absolute atomic E-state index is 13.3. The molecular formula is C28H28N2O4. The van der Waals surface area contributed by atoms with E-state index < -0.39 is 17.7 Å². The van der Waals surface area contributed by atoms with Crippen LogP contribution in [-0.4, -0.2) is 28.4 Å². The van der Waals surface area contributed by atoms with E-state index in [-0.39, 0.29) is 11.3 Å². The van der Waals surface area contributed by atoms with Crippen LogP contribution in [0.2, 0.25) is 0 Å². The van der Waals surface area contributed by atoms with E-state index >= 15 is 0 Å². The second kappa shape index (κ2) is 9.51. The Morgan fingerprint density at radius 3 is 2.32 bits per heavy atom. The summed E-state index contributed by atoms with van der Waals surface area (Å²) >= 11 is 0. The molecule has 2 aromatic carbocycles. The molecule has 0 radical (unpaired) electrons. The number of Topliss-reactive ketones (excluding diaryl/α,β-unsaturated/α-hetero) is 1. The van der Waals surface area contributed by atoms with Crippen LogP contribution in [-0.2, 0) is 9.59 Å².